The van der Waals surface area contributed by atoms with Gasteiger partial charge in [-0.15, -0.1) is 0 Å². The zero-order valence-electron chi connectivity index (χ0n) is 14.5. The van der Waals surface area contributed by atoms with Crippen LogP contribution in [-0.4, -0.2) is 21.9 Å². The van der Waals surface area contributed by atoms with Gasteiger partial charge in [-0.05, 0) is 41.7 Å². The van der Waals surface area contributed by atoms with Gasteiger partial charge < -0.3 is 10.1 Å². The molecule has 0 aliphatic carbocycles. The Labute approximate surface area is 147 Å². The van der Waals surface area contributed by atoms with Crippen molar-refractivity contribution < 1.29 is 4.74 Å². The van der Waals surface area contributed by atoms with Crippen LogP contribution in [0.3, 0.4) is 0 Å². The van der Waals surface area contributed by atoms with Gasteiger partial charge in [0, 0.05) is 0 Å². The Balaban J connectivity index is 1.69. The molecule has 4 rings (SSSR count). The number of aromatic nitrogens is 3. The second kappa shape index (κ2) is 6.59. The van der Waals surface area contributed by atoms with Crippen molar-refractivity contribution in [3.05, 3.63) is 71.5 Å². The zero-order valence-corrected chi connectivity index (χ0v) is 14.5. The molecule has 1 aliphatic rings. The number of nitrogens with zero attached hydrogens (tertiary/aromatic N) is 3. The number of hydrogen-bond donors (Lipinski definition) is 1. The van der Waals surface area contributed by atoms with E-state index in [1.54, 1.807) is 13.4 Å². The third kappa shape index (κ3) is 2.97. The van der Waals surface area contributed by atoms with E-state index in [9.17, 15) is 0 Å². The molecule has 2 aromatic carbocycles. The van der Waals surface area contributed by atoms with E-state index in [2.05, 4.69) is 58.7 Å². The molecule has 0 saturated heterocycles. The lowest BCUT2D eigenvalue weighted by atomic mass is 9.92. The van der Waals surface area contributed by atoms with Gasteiger partial charge >= 0.3 is 0 Å². The lowest BCUT2D eigenvalue weighted by molar-refractivity contribution is 0.406. The molecule has 1 aromatic heterocycles. The number of nitrogens with one attached hydrogen (secondary N) is 1. The van der Waals surface area contributed by atoms with Gasteiger partial charge in [-0.1, -0.05) is 43.3 Å². The predicted octanol–water partition coefficient (Wildman–Crippen LogP) is 4.00. The molecule has 25 heavy (non-hydrogen) atoms. The van der Waals surface area contributed by atoms with E-state index in [1.807, 2.05) is 16.8 Å². The average molecular weight is 334 g/mol. The number of aryl methyl sites for hydroxylation is 1. The molecule has 0 bridgehead atoms. The first-order chi connectivity index (χ1) is 12.3. The minimum Gasteiger partial charge on any atom is -0.497 e. The molecule has 0 radical (unpaired) electrons. The standard InChI is InChI=1S/C20H22N4O/c1-3-14-7-9-15(10-8-14)18-12-19(24-20(23-18)21-13-22-24)16-5-4-6-17(11-16)25-2/h4-11,13,18-19H,3,12H2,1-2H3,(H,21,22,23)/t18-,19-/m1/s1. The van der Waals surface area contributed by atoms with Crippen LogP contribution in [0.5, 0.6) is 5.75 Å². The minimum absolute atomic E-state index is 0.129. The van der Waals surface area contributed by atoms with Crippen LogP contribution < -0.4 is 10.1 Å². The summed E-state index contributed by atoms with van der Waals surface area (Å²) in [4.78, 5) is 4.39. The Kier molecular flexibility index (Phi) is 4.14. The fraction of sp³-hybridized carbons (Fsp3) is 0.300. The number of benzene rings is 2. The molecule has 2 atom stereocenters. The van der Waals surface area contributed by atoms with Crippen LogP contribution in [0.25, 0.3) is 0 Å². The topological polar surface area (TPSA) is 52.0 Å². The molecule has 128 valence electrons. The molecule has 3 aromatic rings. The van der Waals surface area contributed by atoms with Crippen LogP contribution in [-0.2, 0) is 6.42 Å². The maximum absolute atomic E-state index is 5.39. The van der Waals surface area contributed by atoms with E-state index in [0.29, 0.717) is 0 Å². The van der Waals surface area contributed by atoms with E-state index in [-0.39, 0.29) is 12.1 Å². The quantitative estimate of drug-likeness (QED) is 0.784. The first kappa shape index (κ1) is 15.7. The summed E-state index contributed by atoms with van der Waals surface area (Å²) in [7, 11) is 1.69. The molecular formula is C20H22N4O. The highest BCUT2D eigenvalue weighted by atomic mass is 16.5. The molecule has 0 amide bonds. The smallest absolute Gasteiger partial charge is 0.222 e. The van der Waals surface area contributed by atoms with Gasteiger partial charge in [-0.3, -0.25) is 0 Å². The van der Waals surface area contributed by atoms with Gasteiger partial charge in [0.1, 0.15) is 12.1 Å². The Morgan fingerprint density at radius 3 is 2.76 bits per heavy atom. The molecule has 1 aliphatic heterocycles. The average Bonchev–Trinajstić information content (AvgIpc) is 3.16. The van der Waals surface area contributed by atoms with Crippen molar-refractivity contribution in [2.75, 3.05) is 12.4 Å². The van der Waals surface area contributed by atoms with Gasteiger partial charge in [0.2, 0.25) is 5.95 Å². The van der Waals surface area contributed by atoms with E-state index < -0.39 is 0 Å². The zero-order chi connectivity index (χ0) is 17.2. The summed E-state index contributed by atoms with van der Waals surface area (Å²) in [5.41, 5.74) is 3.81. The van der Waals surface area contributed by atoms with Crippen LogP contribution in [0.15, 0.2) is 54.9 Å². The second-order valence-corrected chi connectivity index (χ2v) is 6.35. The molecule has 2 heterocycles. The maximum Gasteiger partial charge on any atom is 0.222 e. The van der Waals surface area contributed by atoms with Crippen molar-refractivity contribution in [3.8, 4) is 5.75 Å². The van der Waals surface area contributed by atoms with E-state index in [0.717, 1.165) is 24.5 Å². The predicted molar refractivity (Wildman–Crippen MR) is 98.0 cm³/mol. The number of methoxy groups -OCH3 is 1. The second-order valence-electron chi connectivity index (χ2n) is 6.35. The van der Waals surface area contributed by atoms with Crippen molar-refractivity contribution in [1.29, 1.82) is 0 Å². The number of anilines is 1. The molecule has 0 spiro atoms. The normalized spacial score (nSPS) is 19.1. The van der Waals surface area contributed by atoms with Crippen molar-refractivity contribution >= 4 is 5.95 Å². The van der Waals surface area contributed by atoms with Gasteiger partial charge in [0.25, 0.3) is 0 Å². The van der Waals surface area contributed by atoms with Crippen LogP contribution in [0.1, 0.15) is 42.1 Å². The Morgan fingerprint density at radius 2 is 2.00 bits per heavy atom. The highest BCUT2D eigenvalue weighted by Crippen LogP contribution is 2.38. The van der Waals surface area contributed by atoms with E-state index >= 15 is 0 Å². The van der Waals surface area contributed by atoms with Crippen LogP contribution in [0.2, 0.25) is 0 Å². The Hall–Kier alpha value is -2.82. The summed E-state index contributed by atoms with van der Waals surface area (Å²) in [5, 5.41) is 7.94. The van der Waals surface area contributed by atoms with Crippen molar-refractivity contribution in [1.82, 2.24) is 14.8 Å². The summed E-state index contributed by atoms with van der Waals surface area (Å²) in [5.74, 6) is 1.67. The summed E-state index contributed by atoms with van der Waals surface area (Å²) >= 11 is 0. The van der Waals surface area contributed by atoms with E-state index in [4.69, 9.17) is 4.74 Å². The van der Waals surface area contributed by atoms with Crippen LogP contribution in [0.4, 0.5) is 5.95 Å². The number of ether oxygens (including phenoxy) is 1. The molecule has 5 heteroatoms. The molecule has 0 saturated carbocycles. The van der Waals surface area contributed by atoms with Crippen molar-refractivity contribution in [2.45, 2.75) is 31.8 Å². The Morgan fingerprint density at radius 1 is 1.16 bits per heavy atom. The fourth-order valence-electron chi connectivity index (χ4n) is 3.45. The highest BCUT2D eigenvalue weighted by molar-refractivity contribution is 5.40. The first-order valence-electron chi connectivity index (χ1n) is 8.67. The Bertz CT molecular complexity index is 856. The summed E-state index contributed by atoms with van der Waals surface area (Å²) in [6.07, 6.45) is 3.58. The van der Waals surface area contributed by atoms with Gasteiger partial charge in [-0.2, -0.15) is 10.1 Å². The largest absolute Gasteiger partial charge is 0.497 e. The molecule has 0 unspecified atom stereocenters. The lowest BCUT2D eigenvalue weighted by Gasteiger charge is -2.32. The van der Waals surface area contributed by atoms with Crippen molar-refractivity contribution in [2.24, 2.45) is 0 Å². The van der Waals surface area contributed by atoms with Crippen molar-refractivity contribution in [3.63, 3.8) is 0 Å². The van der Waals surface area contributed by atoms with Crippen LogP contribution >= 0.6 is 0 Å². The monoisotopic (exact) mass is 334 g/mol. The lowest BCUT2D eigenvalue weighted by Crippen LogP contribution is -2.28. The molecule has 5 nitrogen and oxygen atoms in total. The third-order valence-corrected chi connectivity index (χ3v) is 4.90. The SMILES string of the molecule is CCc1ccc([C@H]2C[C@H](c3cccc(OC)c3)n3ncnc3N2)cc1. The summed E-state index contributed by atoms with van der Waals surface area (Å²) < 4.78 is 7.36. The third-order valence-electron chi connectivity index (χ3n) is 4.90. The van der Waals surface area contributed by atoms with E-state index in [1.165, 1.54) is 16.7 Å². The van der Waals surface area contributed by atoms with Gasteiger partial charge in [0.15, 0.2) is 0 Å². The molecule has 1 N–H and O–H groups in total. The molecule has 0 fully saturated rings. The molecular weight excluding hydrogens is 312 g/mol. The summed E-state index contributed by atoms with van der Waals surface area (Å²) in [6, 6.07) is 17.4. The van der Waals surface area contributed by atoms with Gasteiger partial charge in [0.05, 0.1) is 19.2 Å². The number of fused-ring (bicyclic) bond motifs is 1. The van der Waals surface area contributed by atoms with Crippen LogP contribution in [0, 0.1) is 0 Å². The summed E-state index contributed by atoms with van der Waals surface area (Å²) in [6.45, 7) is 2.18. The number of hydrogen-bond acceptors (Lipinski definition) is 4. The van der Waals surface area contributed by atoms with Gasteiger partial charge in [-0.25, -0.2) is 4.68 Å². The highest BCUT2D eigenvalue weighted by Gasteiger charge is 2.30. The maximum atomic E-state index is 5.39. The minimum atomic E-state index is 0.129. The first-order valence-corrected chi connectivity index (χ1v) is 8.67. The number of rotatable bonds is 4. The fourth-order valence-corrected chi connectivity index (χ4v) is 3.45.